The van der Waals surface area contributed by atoms with Gasteiger partial charge in [0.05, 0.1) is 5.57 Å². The van der Waals surface area contributed by atoms with E-state index in [9.17, 15) is 9.90 Å². The number of allylic oxidation sites excluding steroid dienone is 2. The van der Waals surface area contributed by atoms with Crippen LogP contribution in [-0.2, 0) is 4.79 Å². The molecule has 1 aliphatic carbocycles. The third-order valence-electron chi connectivity index (χ3n) is 3.12. The topological polar surface area (TPSA) is 62.6 Å². The number of ketones is 1. The fourth-order valence-corrected chi connectivity index (χ4v) is 2.12. The quantitative estimate of drug-likeness (QED) is 0.828. The summed E-state index contributed by atoms with van der Waals surface area (Å²) in [5, 5.41) is 9.94. The number of rotatable bonds is 2. The molecule has 0 spiro atoms. The number of carbonyl (C=O) groups excluding carboxylic acids is 1. The number of aromatic nitrogens is 1. The van der Waals surface area contributed by atoms with Gasteiger partial charge in [0.15, 0.2) is 11.6 Å². The summed E-state index contributed by atoms with van der Waals surface area (Å²) in [6.07, 6.45) is 4.07. The van der Waals surface area contributed by atoms with Gasteiger partial charge in [-0.25, -0.2) is 9.98 Å². The smallest absolute Gasteiger partial charge is 0.168 e. The van der Waals surface area contributed by atoms with Crippen molar-refractivity contribution in [2.75, 3.05) is 0 Å². The number of hydrogen-bond acceptors (Lipinski definition) is 4. The molecule has 0 aromatic carbocycles. The monoisotopic (exact) mass is 258 g/mol. The van der Waals surface area contributed by atoms with Gasteiger partial charge in [-0.3, -0.25) is 4.79 Å². The summed E-state index contributed by atoms with van der Waals surface area (Å²) in [5.74, 6) is 0.588. The average Bonchev–Trinajstić information content (AvgIpc) is 2.29. The van der Waals surface area contributed by atoms with Gasteiger partial charge in [-0.05, 0) is 24.0 Å². The Labute approximate surface area is 112 Å². The maximum atomic E-state index is 12.0. The lowest BCUT2D eigenvalue weighted by Crippen LogP contribution is -2.26. The molecular formula is C15H18N2O2. The highest BCUT2D eigenvalue weighted by Gasteiger charge is 2.32. The van der Waals surface area contributed by atoms with Crippen molar-refractivity contribution in [3.05, 3.63) is 35.2 Å². The molecule has 0 saturated carbocycles. The van der Waals surface area contributed by atoms with Crippen LogP contribution in [-0.4, -0.2) is 22.1 Å². The summed E-state index contributed by atoms with van der Waals surface area (Å²) < 4.78 is 0. The van der Waals surface area contributed by atoms with Crippen LogP contribution in [0.4, 0.5) is 5.82 Å². The lowest BCUT2D eigenvalue weighted by Gasteiger charge is -2.28. The summed E-state index contributed by atoms with van der Waals surface area (Å²) in [6, 6.07) is 3.68. The van der Waals surface area contributed by atoms with E-state index in [0.29, 0.717) is 24.2 Å². The number of aliphatic hydroxyl groups excluding tert-OH is 1. The largest absolute Gasteiger partial charge is 0.511 e. The number of carbonyl (C=O) groups is 1. The molecule has 0 radical (unpaired) electrons. The van der Waals surface area contributed by atoms with E-state index in [-0.39, 0.29) is 17.0 Å². The molecule has 1 aliphatic rings. The minimum Gasteiger partial charge on any atom is -0.511 e. The summed E-state index contributed by atoms with van der Waals surface area (Å²) >= 11 is 0. The van der Waals surface area contributed by atoms with Gasteiger partial charge in [-0.15, -0.1) is 0 Å². The Morgan fingerprint density at radius 1 is 1.37 bits per heavy atom. The lowest BCUT2D eigenvalue weighted by molar-refractivity contribution is -0.117. The Kier molecular flexibility index (Phi) is 3.51. The Hall–Kier alpha value is -1.97. The minimum atomic E-state index is -0.180. The van der Waals surface area contributed by atoms with Crippen LogP contribution < -0.4 is 0 Å². The molecule has 4 nitrogen and oxygen atoms in total. The van der Waals surface area contributed by atoms with Gasteiger partial charge in [0.2, 0.25) is 0 Å². The van der Waals surface area contributed by atoms with E-state index in [4.69, 9.17) is 0 Å². The molecule has 0 atom stereocenters. The van der Waals surface area contributed by atoms with Crippen molar-refractivity contribution >= 4 is 17.8 Å². The number of nitrogens with zero attached hydrogens (tertiary/aromatic N) is 2. The van der Waals surface area contributed by atoms with Gasteiger partial charge in [0, 0.05) is 25.3 Å². The van der Waals surface area contributed by atoms with Crippen LogP contribution in [0.3, 0.4) is 0 Å². The second-order valence-electron chi connectivity index (χ2n) is 5.75. The highest BCUT2D eigenvalue weighted by atomic mass is 16.3. The zero-order valence-electron chi connectivity index (χ0n) is 11.5. The Bertz CT molecular complexity index is 554. The first-order chi connectivity index (χ1) is 8.87. The van der Waals surface area contributed by atoms with Crippen LogP contribution in [0.2, 0.25) is 0 Å². The van der Waals surface area contributed by atoms with Crippen molar-refractivity contribution in [2.24, 2.45) is 10.4 Å². The second-order valence-corrected chi connectivity index (χ2v) is 5.75. The molecule has 1 heterocycles. The summed E-state index contributed by atoms with van der Waals surface area (Å²) in [7, 11) is 0. The molecule has 0 amide bonds. The second kappa shape index (κ2) is 4.96. The molecule has 4 heteroatoms. The SMILES string of the molecule is Cc1ccc(N=CC2=C(O)CC(C)(C)CC2=O)nc1. The van der Waals surface area contributed by atoms with E-state index in [2.05, 4.69) is 9.98 Å². The van der Waals surface area contributed by atoms with E-state index < -0.39 is 0 Å². The van der Waals surface area contributed by atoms with Crippen LogP contribution in [0.25, 0.3) is 0 Å². The Morgan fingerprint density at radius 2 is 2.11 bits per heavy atom. The first kappa shape index (κ1) is 13.5. The van der Waals surface area contributed by atoms with Crippen molar-refractivity contribution in [1.82, 2.24) is 4.98 Å². The number of aliphatic imine (C=N–C) groups is 1. The standard InChI is InChI=1S/C15H18N2O2/c1-10-4-5-14(16-8-10)17-9-11-12(18)6-15(2,3)7-13(11)19/h4-5,8-9,18H,6-7H2,1-3H3. The maximum Gasteiger partial charge on any atom is 0.168 e. The molecule has 100 valence electrons. The highest BCUT2D eigenvalue weighted by molar-refractivity contribution is 6.14. The third kappa shape index (κ3) is 3.28. The van der Waals surface area contributed by atoms with Crippen LogP contribution in [0, 0.1) is 12.3 Å². The molecule has 19 heavy (non-hydrogen) atoms. The molecule has 0 bridgehead atoms. The van der Waals surface area contributed by atoms with Gasteiger partial charge >= 0.3 is 0 Å². The minimum absolute atomic E-state index is 0.0652. The maximum absolute atomic E-state index is 12.0. The summed E-state index contributed by atoms with van der Waals surface area (Å²) in [6.45, 7) is 5.88. The van der Waals surface area contributed by atoms with Gasteiger partial charge < -0.3 is 5.11 Å². The molecule has 0 unspecified atom stereocenters. The Morgan fingerprint density at radius 3 is 2.68 bits per heavy atom. The van der Waals surface area contributed by atoms with Gasteiger partial charge in [-0.2, -0.15) is 0 Å². The summed E-state index contributed by atoms with van der Waals surface area (Å²) in [4.78, 5) is 20.2. The summed E-state index contributed by atoms with van der Waals surface area (Å²) in [5.41, 5.74) is 1.18. The molecule has 0 aliphatic heterocycles. The van der Waals surface area contributed by atoms with Gasteiger partial charge in [-0.1, -0.05) is 19.9 Å². The molecule has 2 rings (SSSR count). The molecule has 0 saturated heterocycles. The molecular weight excluding hydrogens is 240 g/mol. The molecule has 1 aromatic heterocycles. The van der Waals surface area contributed by atoms with Crippen molar-refractivity contribution < 1.29 is 9.90 Å². The molecule has 1 N–H and O–H groups in total. The predicted molar refractivity (Wildman–Crippen MR) is 74.8 cm³/mol. The normalized spacial score (nSPS) is 19.2. The molecule has 1 aromatic rings. The number of aliphatic hydroxyl groups is 1. The molecule has 0 fully saturated rings. The van der Waals surface area contributed by atoms with E-state index in [1.165, 1.54) is 6.21 Å². The first-order valence-electron chi connectivity index (χ1n) is 6.29. The zero-order chi connectivity index (χ0) is 14.0. The van der Waals surface area contributed by atoms with Crippen LogP contribution in [0.1, 0.15) is 32.3 Å². The van der Waals surface area contributed by atoms with E-state index in [1.807, 2.05) is 26.8 Å². The van der Waals surface area contributed by atoms with E-state index in [0.717, 1.165) is 5.56 Å². The van der Waals surface area contributed by atoms with E-state index in [1.54, 1.807) is 12.3 Å². The number of hydrogen-bond donors (Lipinski definition) is 1. The third-order valence-corrected chi connectivity index (χ3v) is 3.12. The first-order valence-corrected chi connectivity index (χ1v) is 6.29. The number of Topliss-reactive ketones (excluding diaryl/α,β-unsaturated/α-hetero) is 1. The van der Waals surface area contributed by atoms with Crippen LogP contribution in [0.15, 0.2) is 34.7 Å². The highest BCUT2D eigenvalue weighted by Crippen LogP contribution is 2.35. The fourth-order valence-electron chi connectivity index (χ4n) is 2.12. The van der Waals surface area contributed by atoms with Crippen molar-refractivity contribution in [1.29, 1.82) is 0 Å². The number of aryl methyl sites for hydroxylation is 1. The van der Waals surface area contributed by atoms with Crippen molar-refractivity contribution in [3.63, 3.8) is 0 Å². The van der Waals surface area contributed by atoms with Gasteiger partial charge in [0.25, 0.3) is 0 Å². The average molecular weight is 258 g/mol. The van der Waals surface area contributed by atoms with E-state index >= 15 is 0 Å². The van der Waals surface area contributed by atoms with Crippen molar-refractivity contribution in [2.45, 2.75) is 33.6 Å². The van der Waals surface area contributed by atoms with Crippen LogP contribution >= 0.6 is 0 Å². The lowest BCUT2D eigenvalue weighted by atomic mass is 9.77. The van der Waals surface area contributed by atoms with Crippen molar-refractivity contribution in [3.8, 4) is 0 Å². The zero-order valence-corrected chi connectivity index (χ0v) is 11.5. The Balaban J connectivity index is 2.23. The van der Waals surface area contributed by atoms with Gasteiger partial charge in [0.1, 0.15) is 5.76 Å². The van der Waals surface area contributed by atoms with Crippen LogP contribution in [0.5, 0.6) is 0 Å². The predicted octanol–water partition coefficient (Wildman–Crippen LogP) is 3.29. The fraction of sp³-hybridized carbons (Fsp3) is 0.400. The number of pyridine rings is 1.